The fraction of sp³-hybridized carbons (Fsp3) is 0.667. The van der Waals surface area contributed by atoms with Crippen LogP contribution in [0.25, 0.3) is 0 Å². The standard InChI is InChI=1S/C12H20N4O.ClH/c1-9-8-10(16(2)15-9)14-11(17)12(13)6-4-3-5-7-12;/h8H,3-7,13H2,1-2H3,(H,14,17);1H. The number of carbonyl (C=O) groups is 1. The first-order valence-electron chi connectivity index (χ1n) is 6.12. The molecule has 18 heavy (non-hydrogen) atoms. The number of nitrogens with two attached hydrogens (primary N) is 1. The summed E-state index contributed by atoms with van der Waals surface area (Å²) in [6, 6.07) is 1.85. The molecule has 0 spiro atoms. The molecule has 0 radical (unpaired) electrons. The molecule has 0 bridgehead atoms. The number of halogens is 1. The average Bonchev–Trinajstić information content (AvgIpc) is 2.58. The van der Waals surface area contributed by atoms with Gasteiger partial charge in [-0.15, -0.1) is 12.4 Å². The predicted octanol–water partition coefficient (Wildman–Crippen LogP) is 1.75. The second-order valence-electron chi connectivity index (χ2n) is 4.97. The Morgan fingerprint density at radius 1 is 1.44 bits per heavy atom. The Hall–Kier alpha value is -1.07. The quantitative estimate of drug-likeness (QED) is 0.861. The Morgan fingerprint density at radius 2 is 2.06 bits per heavy atom. The van der Waals surface area contributed by atoms with Crippen LogP contribution in [0, 0.1) is 6.92 Å². The van der Waals surface area contributed by atoms with Crippen LogP contribution < -0.4 is 11.1 Å². The van der Waals surface area contributed by atoms with Crippen molar-refractivity contribution < 1.29 is 4.79 Å². The number of hydrogen-bond donors (Lipinski definition) is 2. The summed E-state index contributed by atoms with van der Waals surface area (Å²) in [6.45, 7) is 1.90. The van der Waals surface area contributed by atoms with Gasteiger partial charge in [-0.2, -0.15) is 5.10 Å². The van der Waals surface area contributed by atoms with Crippen LogP contribution >= 0.6 is 12.4 Å². The number of aryl methyl sites for hydroxylation is 2. The van der Waals surface area contributed by atoms with Crippen LogP contribution in [-0.2, 0) is 11.8 Å². The SMILES string of the molecule is Cc1cc(NC(=O)C2(N)CCCCC2)n(C)n1.Cl. The lowest BCUT2D eigenvalue weighted by molar-refractivity contribution is -0.122. The third-order valence-corrected chi connectivity index (χ3v) is 3.44. The van der Waals surface area contributed by atoms with Gasteiger partial charge in [0.15, 0.2) is 0 Å². The van der Waals surface area contributed by atoms with Crippen LogP contribution in [0.15, 0.2) is 6.07 Å². The van der Waals surface area contributed by atoms with Crippen LogP contribution in [0.5, 0.6) is 0 Å². The number of aromatic nitrogens is 2. The lowest BCUT2D eigenvalue weighted by Gasteiger charge is -2.31. The molecular formula is C12H21ClN4O. The van der Waals surface area contributed by atoms with E-state index in [1.165, 1.54) is 6.42 Å². The third-order valence-electron chi connectivity index (χ3n) is 3.44. The van der Waals surface area contributed by atoms with E-state index in [-0.39, 0.29) is 18.3 Å². The second kappa shape index (κ2) is 5.71. The molecular weight excluding hydrogens is 252 g/mol. The summed E-state index contributed by atoms with van der Waals surface area (Å²) in [5.41, 5.74) is 6.35. The Kier molecular flexibility index (Phi) is 4.76. The summed E-state index contributed by atoms with van der Waals surface area (Å²) >= 11 is 0. The van der Waals surface area contributed by atoms with Crippen molar-refractivity contribution in [1.82, 2.24) is 9.78 Å². The van der Waals surface area contributed by atoms with Gasteiger partial charge in [-0.1, -0.05) is 19.3 Å². The van der Waals surface area contributed by atoms with Gasteiger partial charge >= 0.3 is 0 Å². The molecule has 6 heteroatoms. The normalized spacial score (nSPS) is 17.9. The van der Waals surface area contributed by atoms with Crippen LogP contribution in [0.1, 0.15) is 37.8 Å². The third kappa shape index (κ3) is 3.03. The molecule has 1 aromatic heterocycles. The molecule has 0 saturated heterocycles. The average molecular weight is 273 g/mol. The molecule has 1 saturated carbocycles. The van der Waals surface area contributed by atoms with Crippen LogP contribution in [0.2, 0.25) is 0 Å². The van der Waals surface area contributed by atoms with Crippen molar-refractivity contribution >= 4 is 24.1 Å². The van der Waals surface area contributed by atoms with E-state index in [0.29, 0.717) is 5.82 Å². The van der Waals surface area contributed by atoms with Crippen molar-refractivity contribution in [3.8, 4) is 0 Å². The van der Waals surface area contributed by atoms with Gasteiger partial charge in [0.2, 0.25) is 5.91 Å². The van der Waals surface area contributed by atoms with Crippen molar-refractivity contribution in [3.63, 3.8) is 0 Å². The summed E-state index contributed by atoms with van der Waals surface area (Å²) in [7, 11) is 1.81. The lowest BCUT2D eigenvalue weighted by Crippen LogP contribution is -2.52. The maximum absolute atomic E-state index is 12.2. The van der Waals surface area contributed by atoms with E-state index < -0.39 is 5.54 Å². The minimum Gasteiger partial charge on any atom is -0.317 e. The maximum Gasteiger partial charge on any atom is 0.245 e. The molecule has 0 unspecified atom stereocenters. The molecule has 3 N–H and O–H groups in total. The summed E-state index contributed by atoms with van der Waals surface area (Å²) in [6.07, 6.45) is 4.80. The van der Waals surface area contributed by atoms with Gasteiger partial charge < -0.3 is 11.1 Å². The molecule has 1 aliphatic rings. The van der Waals surface area contributed by atoms with E-state index in [1.54, 1.807) is 4.68 Å². The van der Waals surface area contributed by atoms with Crippen LogP contribution in [-0.4, -0.2) is 21.2 Å². The van der Waals surface area contributed by atoms with Gasteiger partial charge in [-0.25, -0.2) is 0 Å². The second-order valence-corrected chi connectivity index (χ2v) is 4.97. The smallest absolute Gasteiger partial charge is 0.245 e. The molecule has 2 rings (SSSR count). The van der Waals surface area contributed by atoms with Crippen molar-refractivity contribution in [2.75, 3.05) is 5.32 Å². The first kappa shape index (κ1) is 15.0. The summed E-state index contributed by atoms with van der Waals surface area (Å²) in [4.78, 5) is 12.2. The van der Waals surface area contributed by atoms with Crippen molar-refractivity contribution in [1.29, 1.82) is 0 Å². The van der Waals surface area contributed by atoms with Crippen molar-refractivity contribution in [3.05, 3.63) is 11.8 Å². The molecule has 1 heterocycles. The van der Waals surface area contributed by atoms with E-state index in [0.717, 1.165) is 31.4 Å². The zero-order valence-corrected chi connectivity index (χ0v) is 11.7. The first-order valence-corrected chi connectivity index (χ1v) is 6.12. The van der Waals surface area contributed by atoms with Crippen LogP contribution in [0.3, 0.4) is 0 Å². The number of nitrogens with one attached hydrogen (secondary N) is 1. The topological polar surface area (TPSA) is 72.9 Å². The molecule has 0 atom stereocenters. The molecule has 102 valence electrons. The highest BCUT2D eigenvalue weighted by molar-refractivity contribution is 5.97. The molecule has 5 nitrogen and oxygen atoms in total. The number of anilines is 1. The number of hydrogen-bond acceptors (Lipinski definition) is 3. The molecule has 1 aromatic rings. The Labute approximate surface area is 114 Å². The number of amides is 1. The highest BCUT2D eigenvalue weighted by Crippen LogP contribution is 2.27. The van der Waals surface area contributed by atoms with Gasteiger partial charge in [0.1, 0.15) is 5.82 Å². The fourth-order valence-corrected chi connectivity index (χ4v) is 2.38. The highest BCUT2D eigenvalue weighted by atomic mass is 35.5. The Balaban J connectivity index is 0.00000162. The zero-order chi connectivity index (χ0) is 12.5. The van der Waals surface area contributed by atoms with Gasteiger partial charge in [-0.3, -0.25) is 9.48 Å². The van der Waals surface area contributed by atoms with Gasteiger partial charge in [0.25, 0.3) is 0 Å². The van der Waals surface area contributed by atoms with E-state index in [2.05, 4.69) is 10.4 Å². The van der Waals surface area contributed by atoms with E-state index >= 15 is 0 Å². The molecule has 0 aromatic carbocycles. The zero-order valence-electron chi connectivity index (χ0n) is 10.9. The summed E-state index contributed by atoms with van der Waals surface area (Å²) in [5, 5.41) is 7.07. The first-order chi connectivity index (χ1) is 8.01. The predicted molar refractivity (Wildman–Crippen MR) is 73.8 cm³/mol. The molecule has 1 amide bonds. The van der Waals surface area contributed by atoms with Crippen LogP contribution in [0.4, 0.5) is 5.82 Å². The number of carbonyl (C=O) groups excluding carboxylic acids is 1. The number of nitrogens with zero attached hydrogens (tertiary/aromatic N) is 2. The van der Waals surface area contributed by atoms with E-state index in [1.807, 2.05) is 20.0 Å². The molecule has 1 aliphatic carbocycles. The fourth-order valence-electron chi connectivity index (χ4n) is 2.38. The summed E-state index contributed by atoms with van der Waals surface area (Å²) in [5.74, 6) is 0.628. The minimum absolute atomic E-state index is 0. The van der Waals surface area contributed by atoms with Gasteiger partial charge in [0.05, 0.1) is 11.2 Å². The maximum atomic E-state index is 12.2. The number of rotatable bonds is 2. The largest absolute Gasteiger partial charge is 0.317 e. The highest BCUT2D eigenvalue weighted by Gasteiger charge is 2.35. The van der Waals surface area contributed by atoms with Gasteiger partial charge in [0, 0.05) is 13.1 Å². The van der Waals surface area contributed by atoms with Crippen molar-refractivity contribution in [2.45, 2.75) is 44.6 Å². The lowest BCUT2D eigenvalue weighted by atomic mass is 9.82. The summed E-state index contributed by atoms with van der Waals surface area (Å²) < 4.78 is 1.67. The van der Waals surface area contributed by atoms with E-state index in [4.69, 9.17) is 5.73 Å². The van der Waals surface area contributed by atoms with E-state index in [9.17, 15) is 4.79 Å². The molecule has 0 aliphatic heterocycles. The Morgan fingerprint density at radius 3 is 2.56 bits per heavy atom. The Bertz CT molecular complexity index is 424. The molecule has 1 fully saturated rings. The van der Waals surface area contributed by atoms with Gasteiger partial charge in [-0.05, 0) is 19.8 Å². The monoisotopic (exact) mass is 272 g/mol. The minimum atomic E-state index is -0.698. The van der Waals surface area contributed by atoms with Crippen molar-refractivity contribution in [2.24, 2.45) is 12.8 Å².